The number of likely N-dealkylation sites (tertiary alicyclic amines) is 1. The molecule has 0 saturated carbocycles. The van der Waals surface area contributed by atoms with E-state index in [9.17, 15) is 14.4 Å². The van der Waals surface area contributed by atoms with Crippen LogP contribution < -0.4 is 0 Å². The van der Waals surface area contributed by atoms with Crippen LogP contribution in [0.25, 0.3) is 0 Å². The molecule has 0 aliphatic carbocycles. The summed E-state index contributed by atoms with van der Waals surface area (Å²) < 4.78 is 0. The molecule has 1 heterocycles. The summed E-state index contributed by atoms with van der Waals surface area (Å²) in [6.07, 6.45) is 0.764. The second kappa shape index (κ2) is 5.48. The molecule has 1 saturated heterocycles. The van der Waals surface area contributed by atoms with Gasteiger partial charge in [-0.1, -0.05) is 6.92 Å². The van der Waals surface area contributed by atoms with Gasteiger partial charge in [-0.3, -0.25) is 24.2 Å². The van der Waals surface area contributed by atoms with Crippen LogP contribution in [0.15, 0.2) is 0 Å². The molecule has 0 aromatic heterocycles. The largest absolute Gasteiger partial charge is 0.480 e. The summed E-state index contributed by atoms with van der Waals surface area (Å²) in [5, 5.41) is 8.93. The molecule has 3 atom stereocenters. The van der Waals surface area contributed by atoms with Gasteiger partial charge in [-0.15, -0.1) is 0 Å². The van der Waals surface area contributed by atoms with Crippen LogP contribution in [0.4, 0.5) is 0 Å². The number of hydrogen-bond acceptors (Lipinski definition) is 4. The van der Waals surface area contributed by atoms with Gasteiger partial charge >= 0.3 is 5.97 Å². The smallest absolute Gasteiger partial charge is 0.320 e. The Morgan fingerprint density at radius 3 is 2.50 bits per heavy atom. The van der Waals surface area contributed by atoms with E-state index in [-0.39, 0.29) is 24.3 Å². The third kappa shape index (κ3) is 2.53. The molecule has 18 heavy (non-hydrogen) atoms. The summed E-state index contributed by atoms with van der Waals surface area (Å²) in [4.78, 5) is 37.6. The monoisotopic (exact) mass is 256 g/mol. The number of carbonyl (C=O) groups excluding carboxylic acids is 2. The Morgan fingerprint density at radius 1 is 1.50 bits per heavy atom. The minimum absolute atomic E-state index is 0.0668. The van der Waals surface area contributed by atoms with Gasteiger partial charge in [0, 0.05) is 6.04 Å². The Hall–Kier alpha value is -1.43. The van der Waals surface area contributed by atoms with Crippen LogP contribution in [0, 0.1) is 0 Å². The maximum absolute atomic E-state index is 12.2. The quantitative estimate of drug-likeness (QED) is 0.717. The molecule has 2 amide bonds. The average Bonchev–Trinajstić information content (AvgIpc) is 2.62. The number of carboxylic acid groups (broad SMARTS) is 1. The van der Waals surface area contributed by atoms with E-state index < -0.39 is 18.1 Å². The van der Waals surface area contributed by atoms with Crippen molar-refractivity contribution in [1.82, 2.24) is 9.80 Å². The standard InChI is InChI=1S/C12H20N2O4/c1-5-7(2)14-10(15)6-9(11(14)16)13(4)8(3)12(17)18/h7-9H,5-6H2,1-4H3,(H,17,18). The molecule has 0 aromatic carbocycles. The number of rotatable bonds is 5. The van der Waals surface area contributed by atoms with Crippen LogP contribution in [0.3, 0.4) is 0 Å². The Kier molecular flexibility index (Phi) is 4.45. The summed E-state index contributed by atoms with van der Waals surface area (Å²) in [6, 6.07) is -1.58. The van der Waals surface area contributed by atoms with Crippen molar-refractivity contribution in [2.24, 2.45) is 0 Å². The number of carbonyl (C=O) groups is 3. The first kappa shape index (κ1) is 14.6. The minimum atomic E-state index is -1.00. The van der Waals surface area contributed by atoms with Crippen molar-refractivity contribution < 1.29 is 19.5 Å². The number of aliphatic carboxylic acids is 1. The van der Waals surface area contributed by atoms with Crippen molar-refractivity contribution in [3.05, 3.63) is 0 Å². The molecular weight excluding hydrogens is 236 g/mol. The summed E-state index contributed by atoms with van der Waals surface area (Å²) in [5.41, 5.74) is 0. The number of amides is 2. The second-order valence-electron chi connectivity index (χ2n) is 4.76. The van der Waals surface area contributed by atoms with Gasteiger partial charge in [0.25, 0.3) is 0 Å². The highest BCUT2D eigenvalue weighted by Crippen LogP contribution is 2.22. The Bertz CT molecular complexity index is 369. The molecule has 0 bridgehead atoms. The number of nitrogens with zero attached hydrogens (tertiary/aromatic N) is 2. The van der Waals surface area contributed by atoms with Gasteiger partial charge in [0.15, 0.2) is 0 Å². The summed E-state index contributed by atoms with van der Waals surface area (Å²) in [5.74, 6) is -1.51. The fourth-order valence-corrected chi connectivity index (χ4v) is 2.04. The van der Waals surface area contributed by atoms with Crippen LogP contribution in [-0.2, 0) is 14.4 Å². The fourth-order valence-electron chi connectivity index (χ4n) is 2.04. The van der Waals surface area contributed by atoms with Gasteiger partial charge < -0.3 is 5.11 Å². The molecule has 1 aliphatic rings. The lowest BCUT2D eigenvalue weighted by Crippen LogP contribution is -2.48. The SMILES string of the molecule is CCC(C)N1C(=O)CC(N(C)C(C)C(=O)O)C1=O. The highest BCUT2D eigenvalue weighted by molar-refractivity contribution is 6.06. The number of likely N-dealkylation sites (N-methyl/N-ethyl adjacent to an activating group) is 1. The number of imide groups is 1. The summed E-state index contributed by atoms with van der Waals surface area (Å²) >= 11 is 0. The Morgan fingerprint density at radius 2 is 2.06 bits per heavy atom. The first-order valence-electron chi connectivity index (χ1n) is 6.11. The van der Waals surface area contributed by atoms with Crippen LogP contribution in [0.2, 0.25) is 0 Å². The lowest BCUT2D eigenvalue weighted by molar-refractivity contribution is -0.145. The summed E-state index contributed by atoms with van der Waals surface area (Å²) in [6.45, 7) is 5.23. The zero-order valence-corrected chi connectivity index (χ0v) is 11.2. The second-order valence-corrected chi connectivity index (χ2v) is 4.76. The van der Waals surface area contributed by atoms with E-state index in [1.54, 1.807) is 7.05 Å². The lowest BCUT2D eigenvalue weighted by Gasteiger charge is -2.27. The van der Waals surface area contributed by atoms with Gasteiger partial charge in [0.2, 0.25) is 11.8 Å². The van der Waals surface area contributed by atoms with Crippen molar-refractivity contribution in [3.8, 4) is 0 Å². The van der Waals surface area contributed by atoms with Crippen molar-refractivity contribution in [2.45, 2.75) is 51.7 Å². The Labute approximate surface area is 107 Å². The first-order chi connectivity index (χ1) is 8.31. The maximum Gasteiger partial charge on any atom is 0.320 e. The molecule has 1 rings (SSSR count). The maximum atomic E-state index is 12.2. The van der Waals surface area contributed by atoms with Gasteiger partial charge in [-0.2, -0.15) is 0 Å². The first-order valence-corrected chi connectivity index (χ1v) is 6.11. The molecular formula is C12H20N2O4. The van der Waals surface area contributed by atoms with E-state index >= 15 is 0 Å². The van der Waals surface area contributed by atoms with Crippen LogP contribution >= 0.6 is 0 Å². The highest BCUT2D eigenvalue weighted by atomic mass is 16.4. The third-order valence-corrected chi connectivity index (χ3v) is 3.65. The van der Waals surface area contributed by atoms with Crippen LogP contribution in [0.5, 0.6) is 0 Å². The molecule has 0 radical (unpaired) electrons. The molecule has 1 N–H and O–H groups in total. The van der Waals surface area contributed by atoms with Crippen molar-refractivity contribution >= 4 is 17.8 Å². The molecule has 1 fully saturated rings. The van der Waals surface area contributed by atoms with E-state index in [1.807, 2.05) is 13.8 Å². The van der Waals surface area contributed by atoms with E-state index in [4.69, 9.17) is 5.11 Å². The zero-order chi connectivity index (χ0) is 14.0. The molecule has 1 aliphatic heterocycles. The average molecular weight is 256 g/mol. The third-order valence-electron chi connectivity index (χ3n) is 3.65. The topological polar surface area (TPSA) is 77.9 Å². The molecule has 6 heteroatoms. The van der Waals surface area contributed by atoms with Gasteiger partial charge in [-0.05, 0) is 27.3 Å². The van der Waals surface area contributed by atoms with E-state index in [1.165, 1.54) is 16.7 Å². The molecule has 3 unspecified atom stereocenters. The molecule has 102 valence electrons. The van der Waals surface area contributed by atoms with Gasteiger partial charge in [0.1, 0.15) is 6.04 Å². The van der Waals surface area contributed by atoms with Crippen molar-refractivity contribution in [3.63, 3.8) is 0 Å². The Balaban J connectivity index is 2.86. The van der Waals surface area contributed by atoms with E-state index in [2.05, 4.69) is 0 Å². The van der Waals surface area contributed by atoms with Crippen LogP contribution in [-0.4, -0.2) is 57.9 Å². The number of carboxylic acids is 1. The zero-order valence-electron chi connectivity index (χ0n) is 11.2. The van der Waals surface area contributed by atoms with E-state index in [0.717, 1.165) is 0 Å². The summed E-state index contributed by atoms with van der Waals surface area (Å²) in [7, 11) is 1.56. The number of hydrogen-bond donors (Lipinski definition) is 1. The lowest BCUT2D eigenvalue weighted by atomic mass is 10.1. The van der Waals surface area contributed by atoms with Crippen molar-refractivity contribution in [1.29, 1.82) is 0 Å². The molecule has 6 nitrogen and oxygen atoms in total. The normalized spacial score (nSPS) is 23.6. The molecule has 0 aromatic rings. The van der Waals surface area contributed by atoms with Crippen molar-refractivity contribution in [2.75, 3.05) is 7.05 Å². The van der Waals surface area contributed by atoms with Gasteiger partial charge in [0.05, 0.1) is 12.5 Å². The van der Waals surface area contributed by atoms with Gasteiger partial charge in [-0.25, -0.2) is 0 Å². The van der Waals surface area contributed by atoms with Crippen LogP contribution in [0.1, 0.15) is 33.6 Å². The molecule has 0 spiro atoms. The minimum Gasteiger partial charge on any atom is -0.480 e. The predicted molar refractivity (Wildman–Crippen MR) is 64.9 cm³/mol. The van der Waals surface area contributed by atoms with E-state index in [0.29, 0.717) is 6.42 Å². The highest BCUT2D eigenvalue weighted by Gasteiger charge is 2.44. The predicted octanol–water partition coefficient (Wildman–Crippen LogP) is 0.317. The fraction of sp³-hybridized carbons (Fsp3) is 0.750.